The molecule has 3 aromatic heterocycles. The molecule has 0 N–H and O–H groups in total. The first-order chi connectivity index (χ1) is 16.5. The van der Waals surface area contributed by atoms with E-state index in [1.807, 2.05) is 36.4 Å². The van der Waals surface area contributed by atoms with Crippen molar-refractivity contribution in [1.82, 2.24) is 28.8 Å². The van der Waals surface area contributed by atoms with E-state index in [9.17, 15) is 9.59 Å². The summed E-state index contributed by atoms with van der Waals surface area (Å²) in [6.07, 6.45) is 2.60. The third kappa shape index (κ3) is 3.96. The molecular weight excluding hydrogens is 432 g/mol. The zero-order chi connectivity index (χ0) is 23.7. The molecule has 0 aliphatic rings. The van der Waals surface area contributed by atoms with Crippen LogP contribution in [-0.2, 0) is 33.5 Å². The van der Waals surface area contributed by atoms with Crippen molar-refractivity contribution in [3.63, 3.8) is 0 Å². The first-order valence-electron chi connectivity index (χ1n) is 11.0. The molecule has 5 aromatic rings. The Hall–Kier alpha value is -4.27. The molecule has 0 amide bonds. The predicted molar refractivity (Wildman–Crippen MR) is 127 cm³/mol. The lowest BCUT2D eigenvalue weighted by atomic mass is 9.88. The van der Waals surface area contributed by atoms with E-state index in [0.717, 1.165) is 4.57 Å². The summed E-state index contributed by atoms with van der Waals surface area (Å²) < 4.78 is 9.75. The van der Waals surface area contributed by atoms with Gasteiger partial charge in [-0.2, -0.15) is 4.98 Å². The second kappa shape index (κ2) is 8.93. The van der Waals surface area contributed by atoms with Gasteiger partial charge in [0.2, 0.25) is 5.89 Å². The van der Waals surface area contributed by atoms with Crippen LogP contribution in [0.1, 0.15) is 28.8 Å². The Labute approximate surface area is 194 Å². The highest BCUT2D eigenvalue weighted by Gasteiger charge is 2.19. The Morgan fingerprint density at radius 3 is 2.21 bits per heavy atom. The molecule has 3 heterocycles. The minimum absolute atomic E-state index is 0.0950. The second-order valence-electron chi connectivity index (χ2n) is 8.25. The van der Waals surface area contributed by atoms with E-state index < -0.39 is 5.69 Å². The van der Waals surface area contributed by atoms with Gasteiger partial charge in [0.25, 0.3) is 5.56 Å². The highest BCUT2D eigenvalue weighted by atomic mass is 16.5. The number of nitrogens with zero attached hydrogens (tertiary/aromatic N) is 6. The standard InChI is InChI=1S/C25H24N6O3/c1-29-23-22(24(32)30(2)25(29)33)31(16-26-23)14-13-20-27-21(34-28-20)15-19(17-9-5-3-6-10-17)18-11-7-4-8-12-18/h3-12,16,19H,13-15H2,1-2H3. The van der Waals surface area contributed by atoms with Gasteiger partial charge in [-0.15, -0.1) is 0 Å². The highest BCUT2D eigenvalue weighted by Crippen LogP contribution is 2.28. The number of hydrogen-bond acceptors (Lipinski definition) is 6. The molecule has 0 aliphatic carbocycles. The smallest absolute Gasteiger partial charge is 0.332 e. The summed E-state index contributed by atoms with van der Waals surface area (Å²) in [6.45, 7) is 0.434. The summed E-state index contributed by atoms with van der Waals surface area (Å²) in [4.78, 5) is 33.6. The average Bonchev–Trinajstić information content (AvgIpc) is 3.51. The molecule has 0 saturated carbocycles. The van der Waals surface area contributed by atoms with Crippen LogP contribution in [-0.4, -0.2) is 28.8 Å². The van der Waals surface area contributed by atoms with Gasteiger partial charge in [0.1, 0.15) is 0 Å². The molecule has 0 atom stereocenters. The largest absolute Gasteiger partial charge is 0.339 e. The van der Waals surface area contributed by atoms with Crippen molar-refractivity contribution in [1.29, 1.82) is 0 Å². The lowest BCUT2D eigenvalue weighted by molar-refractivity contribution is 0.368. The Morgan fingerprint density at radius 1 is 0.912 bits per heavy atom. The topological polar surface area (TPSA) is 101 Å². The third-order valence-corrected chi connectivity index (χ3v) is 6.09. The minimum atomic E-state index is -0.406. The molecule has 0 fully saturated rings. The summed E-state index contributed by atoms with van der Waals surface area (Å²) >= 11 is 0. The highest BCUT2D eigenvalue weighted by molar-refractivity contribution is 5.69. The van der Waals surface area contributed by atoms with E-state index in [1.165, 1.54) is 22.7 Å². The Morgan fingerprint density at radius 2 is 1.56 bits per heavy atom. The zero-order valence-corrected chi connectivity index (χ0v) is 19.0. The fourth-order valence-corrected chi connectivity index (χ4v) is 4.24. The van der Waals surface area contributed by atoms with E-state index in [4.69, 9.17) is 4.52 Å². The molecule has 0 aliphatic heterocycles. The van der Waals surface area contributed by atoms with Gasteiger partial charge in [0, 0.05) is 39.4 Å². The summed E-state index contributed by atoms with van der Waals surface area (Å²) in [5.74, 6) is 1.21. The molecular formula is C25H24N6O3. The van der Waals surface area contributed by atoms with Crippen molar-refractivity contribution in [3.8, 4) is 0 Å². The molecule has 0 unspecified atom stereocenters. The average molecular weight is 457 g/mol. The molecule has 9 nitrogen and oxygen atoms in total. The number of hydrogen-bond donors (Lipinski definition) is 0. The van der Waals surface area contributed by atoms with Crippen LogP contribution >= 0.6 is 0 Å². The first kappa shape index (κ1) is 21.6. The Bertz CT molecular complexity index is 1510. The SMILES string of the molecule is Cn1c(=O)c2c(ncn2CCc2noc(CC(c3ccccc3)c3ccccc3)n2)n(C)c1=O. The molecule has 9 heteroatoms. The van der Waals surface area contributed by atoms with Crippen molar-refractivity contribution in [3.05, 3.63) is 111 Å². The van der Waals surface area contributed by atoms with Crippen LogP contribution in [0.15, 0.2) is 81.1 Å². The van der Waals surface area contributed by atoms with Crippen LogP contribution in [0.25, 0.3) is 11.2 Å². The fraction of sp³-hybridized carbons (Fsp3) is 0.240. The summed E-state index contributed by atoms with van der Waals surface area (Å²) in [5, 5.41) is 4.15. The fourth-order valence-electron chi connectivity index (χ4n) is 4.24. The van der Waals surface area contributed by atoms with E-state index in [0.29, 0.717) is 42.3 Å². The lowest BCUT2D eigenvalue weighted by Crippen LogP contribution is -2.37. The second-order valence-corrected chi connectivity index (χ2v) is 8.25. The molecule has 0 saturated heterocycles. The number of benzene rings is 2. The van der Waals surface area contributed by atoms with Gasteiger partial charge in [-0.05, 0) is 11.1 Å². The van der Waals surface area contributed by atoms with E-state index in [1.54, 1.807) is 17.9 Å². The maximum Gasteiger partial charge on any atom is 0.332 e. The van der Waals surface area contributed by atoms with Crippen molar-refractivity contribution in [2.45, 2.75) is 25.3 Å². The minimum Gasteiger partial charge on any atom is -0.339 e. The molecule has 0 radical (unpaired) electrons. The lowest BCUT2D eigenvalue weighted by Gasteiger charge is -2.16. The molecule has 2 aromatic carbocycles. The van der Waals surface area contributed by atoms with Gasteiger partial charge in [-0.3, -0.25) is 13.9 Å². The van der Waals surface area contributed by atoms with E-state index in [-0.39, 0.29) is 11.5 Å². The maximum absolute atomic E-state index is 12.6. The van der Waals surface area contributed by atoms with Crippen LogP contribution in [0, 0.1) is 0 Å². The van der Waals surface area contributed by atoms with Crippen molar-refractivity contribution in [2.24, 2.45) is 14.1 Å². The normalized spacial score (nSPS) is 11.5. The molecule has 172 valence electrons. The van der Waals surface area contributed by atoms with Gasteiger partial charge >= 0.3 is 5.69 Å². The maximum atomic E-state index is 12.6. The molecule has 0 spiro atoms. The van der Waals surface area contributed by atoms with Gasteiger partial charge in [0.05, 0.1) is 6.33 Å². The van der Waals surface area contributed by atoms with Crippen LogP contribution in [0.2, 0.25) is 0 Å². The van der Waals surface area contributed by atoms with Gasteiger partial charge in [-0.1, -0.05) is 65.8 Å². The van der Waals surface area contributed by atoms with Gasteiger partial charge in [0.15, 0.2) is 17.0 Å². The van der Waals surface area contributed by atoms with E-state index in [2.05, 4.69) is 39.4 Å². The first-order valence-corrected chi connectivity index (χ1v) is 11.0. The summed E-state index contributed by atoms with van der Waals surface area (Å²) in [7, 11) is 3.06. The third-order valence-electron chi connectivity index (χ3n) is 6.09. The van der Waals surface area contributed by atoms with Crippen molar-refractivity contribution < 1.29 is 4.52 Å². The molecule has 0 bridgehead atoms. The van der Waals surface area contributed by atoms with Crippen molar-refractivity contribution >= 4 is 11.2 Å². The van der Waals surface area contributed by atoms with Gasteiger partial charge in [-0.25, -0.2) is 9.78 Å². The number of imidazole rings is 1. The van der Waals surface area contributed by atoms with Crippen molar-refractivity contribution in [2.75, 3.05) is 0 Å². The summed E-state index contributed by atoms with van der Waals surface area (Å²) in [5.41, 5.74) is 2.31. The zero-order valence-electron chi connectivity index (χ0n) is 19.0. The Balaban J connectivity index is 1.37. The number of rotatable bonds is 7. The van der Waals surface area contributed by atoms with E-state index >= 15 is 0 Å². The number of aromatic nitrogens is 6. The quantitative estimate of drug-likeness (QED) is 0.373. The van der Waals surface area contributed by atoms with Crippen LogP contribution in [0.4, 0.5) is 0 Å². The van der Waals surface area contributed by atoms with Crippen LogP contribution in [0.5, 0.6) is 0 Å². The Kier molecular flexibility index (Phi) is 5.67. The van der Waals surface area contributed by atoms with Crippen LogP contribution < -0.4 is 11.2 Å². The van der Waals surface area contributed by atoms with Gasteiger partial charge < -0.3 is 9.09 Å². The molecule has 5 rings (SSSR count). The predicted octanol–water partition coefficient (Wildman–Crippen LogP) is 2.43. The summed E-state index contributed by atoms with van der Waals surface area (Å²) in [6, 6.07) is 20.5. The number of aryl methyl sites for hydroxylation is 3. The van der Waals surface area contributed by atoms with Crippen LogP contribution in [0.3, 0.4) is 0 Å². The molecule has 34 heavy (non-hydrogen) atoms. The monoisotopic (exact) mass is 456 g/mol. The number of fused-ring (bicyclic) bond motifs is 1.